The summed E-state index contributed by atoms with van der Waals surface area (Å²) in [5.74, 6) is -0.312. The molecule has 2 aromatic rings. The van der Waals surface area contributed by atoms with Gasteiger partial charge in [-0.2, -0.15) is 0 Å². The number of aromatic amines is 1. The van der Waals surface area contributed by atoms with Gasteiger partial charge in [-0.1, -0.05) is 28.1 Å². The molecule has 0 unspecified atom stereocenters. The Morgan fingerprint density at radius 2 is 2.33 bits per heavy atom. The second kappa shape index (κ2) is 4.06. The maximum atomic E-state index is 11.4. The lowest BCUT2D eigenvalue weighted by atomic mass is 10.1. The Hall–Kier alpha value is -1.29. The molecule has 4 heteroatoms. The fraction of sp³-hybridized carbons (Fsp3) is 0.182. The Morgan fingerprint density at radius 3 is 3.00 bits per heavy atom. The zero-order valence-corrected chi connectivity index (χ0v) is 9.80. The molecule has 3 nitrogen and oxygen atoms in total. The average molecular weight is 268 g/mol. The van der Waals surface area contributed by atoms with Crippen LogP contribution in [-0.4, -0.2) is 18.1 Å². The molecular weight excluding hydrogens is 258 g/mol. The van der Waals surface area contributed by atoms with E-state index in [1.807, 2.05) is 18.2 Å². The summed E-state index contributed by atoms with van der Waals surface area (Å²) < 4.78 is 4.69. The second-order valence-electron chi connectivity index (χ2n) is 3.21. The first-order valence-electron chi connectivity index (χ1n) is 4.50. The van der Waals surface area contributed by atoms with Crippen LogP contribution in [0.5, 0.6) is 0 Å². The van der Waals surface area contributed by atoms with Crippen molar-refractivity contribution in [1.82, 2.24) is 4.98 Å². The number of esters is 1. The van der Waals surface area contributed by atoms with Crippen molar-refractivity contribution in [3.8, 4) is 0 Å². The molecule has 0 atom stereocenters. The minimum atomic E-state index is -0.312. The number of benzene rings is 1. The van der Waals surface area contributed by atoms with Crippen LogP contribution < -0.4 is 0 Å². The predicted molar refractivity (Wildman–Crippen MR) is 62.3 cm³/mol. The molecule has 15 heavy (non-hydrogen) atoms. The van der Waals surface area contributed by atoms with E-state index in [4.69, 9.17) is 4.74 Å². The standard InChI is InChI=1S/C11H10BrNO2/c1-15-11(14)9-6-13-10-4-7(5-12)2-3-8(9)10/h2-4,6,13H,5H2,1H3. The van der Waals surface area contributed by atoms with Crippen LogP contribution in [0.3, 0.4) is 0 Å². The van der Waals surface area contributed by atoms with Crippen LogP contribution in [0.15, 0.2) is 24.4 Å². The zero-order chi connectivity index (χ0) is 10.8. The number of methoxy groups -OCH3 is 1. The summed E-state index contributed by atoms with van der Waals surface area (Å²) in [4.78, 5) is 14.4. The second-order valence-corrected chi connectivity index (χ2v) is 3.77. The Labute approximate surface area is 95.6 Å². The summed E-state index contributed by atoms with van der Waals surface area (Å²) in [5.41, 5.74) is 2.70. The highest BCUT2D eigenvalue weighted by atomic mass is 79.9. The van der Waals surface area contributed by atoms with Gasteiger partial charge in [0.2, 0.25) is 0 Å². The molecule has 1 aromatic carbocycles. The molecule has 0 saturated heterocycles. The van der Waals surface area contributed by atoms with E-state index in [0.29, 0.717) is 5.56 Å². The summed E-state index contributed by atoms with van der Waals surface area (Å²) in [6.45, 7) is 0. The van der Waals surface area contributed by atoms with Gasteiger partial charge >= 0.3 is 5.97 Å². The van der Waals surface area contributed by atoms with Gasteiger partial charge in [0.1, 0.15) is 0 Å². The van der Waals surface area contributed by atoms with E-state index in [9.17, 15) is 4.79 Å². The predicted octanol–water partition coefficient (Wildman–Crippen LogP) is 2.85. The van der Waals surface area contributed by atoms with Gasteiger partial charge in [-0.3, -0.25) is 0 Å². The maximum Gasteiger partial charge on any atom is 0.340 e. The number of H-pyrrole nitrogens is 1. The minimum absolute atomic E-state index is 0.312. The highest BCUT2D eigenvalue weighted by Gasteiger charge is 2.11. The molecule has 78 valence electrons. The lowest BCUT2D eigenvalue weighted by Crippen LogP contribution is -1.99. The van der Waals surface area contributed by atoms with Crippen molar-refractivity contribution in [3.05, 3.63) is 35.5 Å². The smallest absolute Gasteiger partial charge is 0.340 e. The Kier molecular flexibility index (Phi) is 2.77. The summed E-state index contributed by atoms with van der Waals surface area (Å²) in [5, 5.41) is 1.70. The lowest BCUT2D eigenvalue weighted by molar-refractivity contribution is 0.0603. The van der Waals surface area contributed by atoms with Gasteiger partial charge in [0.25, 0.3) is 0 Å². The zero-order valence-electron chi connectivity index (χ0n) is 8.21. The van der Waals surface area contributed by atoms with E-state index in [0.717, 1.165) is 16.2 Å². The van der Waals surface area contributed by atoms with E-state index < -0.39 is 0 Å². The van der Waals surface area contributed by atoms with Gasteiger partial charge in [-0.25, -0.2) is 4.79 Å². The first-order valence-corrected chi connectivity index (χ1v) is 5.62. The lowest BCUT2D eigenvalue weighted by Gasteiger charge is -1.98. The van der Waals surface area contributed by atoms with Crippen molar-refractivity contribution in [2.45, 2.75) is 5.33 Å². The van der Waals surface area contributed by atoms with Crippen LogP contribution in [0.4, 0.5) is 0 Å². The monoisotopic (exact) mass is 267 g/mol. The number of fused-ring (bicyclic) bond motifs is 1. The Bertz CT molecular complexity index is 504. The molecule has 0 spiro atoms. The van der Waals surface area contributed by atoms with Gasteiger partial charge in [0, 0.05) is 22.4 Å². The number of rotatable bonds is 2. The van der Waals surface area contributed by atoms with Crippen molar-refractivity contribution in [2.75, 3.05) is 7.11 Å². The van der Waals surface area contributed by atoms with Crippen molar-refractivity contribution in [2.24, 2.45) is 0 Å². The topological polar surface area (TPSA) is 42.1 Å². The van der Waals surface area contributed by atoms with Crippen LogP contribution in [0, 0.1) is 0 Å². The number of hydrogen-bond acceptors (Lipinski definition) is 2. The van der Waals surface area contributed by atoms with Crippen LogP contribution in [-0.2, 0) is 10.1 Å². The largest absolute Gasteiger partial charge is 0.465 e. The van der Waals surface area contributed by atoms with E-state index in [1.165, 1.54) is 12.7 Å². The number of hydrogen-bond donors (Lipinski definition) is 1. The van der Waals surface area contributed by atoms with E-state index in [2.05, 4.69) is 20.9 Å². The van der Waals surface area contributed by atoms with Crippen molar-refractivity contribution < 1.29 is 9.53 Å². The van der Waals surface area contributed by atoms with E-state index in [-0.39, 0.29) is 5.97 Å². The molecule has 0 aliphatic rings. The molecule has 0 saturated carbocycles. The highest BCUT2D eigenvalue weighted by Crippen LogP contribution is 2.21. The molecule has 2 rings (SSSR count). The van der Waals surface area contributed by atoms with Crippen LogP contribution >= 0.6 is 15.9 Å². The van der Waals surface area contributed by atoms with E-state index in [1.54, 1.807) is 6.20 Å². The van der Waals surface area contributed by atoms with Gasteiger partial charge in [0.05, 0.1) is 12.7 Å². The number of halogens is 1. The number of aromatic nitrogens is 1. The minimum Gasteiger partial charge on any atom is -0.465 e. The molecule has 0 fully saturated rings. The summed E-state index contributed by atoms with van der Waals surface area (Å²) in [6, 6.07) is 5.92. The number of carbonyl (C=O) groups is 1. The van der Waals surface area contributed by atoms with Gasteiger partial charge < -0.3 is 9.72 Å². The third-order valence-corrected chi connectivity index (χ3v) is 2.95. The molecular formula is C11H10BrNO2. The highest BCUT2D eigenvalue weighted by molar-refractivity contribution is 9.08. The third kappa shape index (κ3) is 1.77. The first kappa shape index (κ1) is 10.2. The van der Waals surface area contributed by atoms with Crippen molar-refractivity contribution in [1.29, 1.82) is 0 Å². The average Bonchev–Trinajstić information content (AvgIpc) is 2.70. The van der Waals surface area contributed by atoms with Crippen molar-refractivity contribution in [3.63, 3.8) is 0 Å². The SMILES string of the molecule is COC(=O)c1c[nH]c2cc(CBr)ccc12. The summed E-state index contributed by atoms with van der Waals surface area (Å²) >= 11 is 3.39. The fourth-order valence-corrected chi connectivity index (χ4v) is 1.88. The molecule has 0 aliphatic carbocycles. The van der Waals surface area contributed by atoms with Crippen LogP contribution in [0.25, 0.3) is 10.9 Å². The van der Waals surface area contributed by atoms with Gasteiger partial charge in [-0.05, 0) is 11.6 Å². The molecule has 0 bridgehead atoms. The summed E-state index contributed by atoms with van der Waals surface area (Å²) in [6.07, 6.45) is 1.68. The Balaban J connectivity index is 2.57. The number of nitrogens with one attached hydrogen (secondary N) is 1. The molecule has 0 aliphatic heterocycles. The number of ether oxygens (including phenoxy) is 1. The molecule has 1 aromatic heterocycles. The molecule has 1 N–H and O–H groups in total. The van der Waals surface area contributed by atoms with E-state index >= 15 is 0 Å². The normalized spacial score (nSPS) is 10.5. The van der Waals surface area contributed by atoms with Crippen molar-refractivity contribution >= 4 is 32.8 Å². The summed E-state index contributed by atoms with van der Waals surface area (Å²) in [7, 11) is 1.38. The quantitative estimate of drug-likeness (QED) is 0.672. The number of alkyl halides is 1. The molecule has 0 radical (unpaired) electrons. The first-order chi connectivity index (χ1) is 7.26. The van der Waals surface area contributed by atoms with Crippen LogP contribution in [0.1, 0.15) is 15.9 Å². The number of carbonyl (C=O) groups excluding carboxylic acids is 1. The fourth-order valence-electron chi connectivity index (χ4n) is 1.54. The Morgan fingerprint density at radius 1 is 1.53 bits per heavy atom. The van der Waals surface area contributed by atoms with Gasteiger partial charge in [-0.15, -0.1) is 0 Å². The van der Waals surface area contributed by atoms with Gasteiger partial charge in [0.15, 0.2) is 0 Å². The maximum absolute atomic E-state index is 11.4. The molecule has 1 heterocycles. The third-order valence-electron chi connectivity index (χ3n) is 2.31. The molecule has 0 amide bonds. The van der Waals surface area contributed by atoms with Crippen LogP contribution in [0.2, 0.25) is 0 Å².